The molecule has 23 heavy (non-hydrogen) atoms. The van der Waals surface area contributed by atoms with Crippen LogP contribution in [0.15, 0.2) is 12.1 Å². The van der Waals surface area contributed by atoms with Crippen LogP contribution in [0, 0.1) is 28.9 Å². The lowest BCUT2D eigenvalue weighted by atomic mass is 9.92. The van der Waals surface area contributed by atoms with E-state index in [0.29, 0.717) is 30.5 Å². The van der Waals surface area contributed by atoms with Crippen molar-refractivity contribution in [3.8, 4) is 0 Å². The number of rotatable bonds is 2. The Balaban J connectivity index is 1.84. The number of nitro groups is 1. The normalized spacial score (nSPS) is 24.1. The molecule has 124 valence electrons. The van der Waals surface area contributed by atoms with Gasteiger partial charge in [-0.1, -0.05) is 0 Å². The molecule has 0 saturated carbocycles. The van der Waals surface area contributed by atoms with Gasteiger partial charge in [-0.2, -0.15) is 0 Å². The number of nitrogen functional groups attached to an aromatic ring is 1. The molecular weight excluding hydrogens is 296 g/mol. The quantitative estimate of drug-likeness (QED) is 0.489. The van der Waals surface area contributed by atoms with Crippen LogP contribution < -0.4 is 11.1 Å². The summed E-state index contributed by atoms with van der Waals surface area (Å²) in [5, 5.41) is 14.5. The van der Waals surface area contributed by atoms with Crippen molar-refractivity contribution in [2.75, 3.05) is 31.9 Å². The molecule has 0 aromatic heterocycles. The summed E-state index contributed by atoms with van der Waals surface area (Å²) in [6.45, 7) is 5.14. The van der Waals surface area contributed by atoms with Crippen molar-refractivity contribution < 1.29 is 9.72 Å². The summed E-state index contributed by atoms with van der Waals surface area (Å²) in [5.41, 5.74) is 6.59. The molecule has 2 atom stereocenters. The predicted octanol–water partition coefficient (Wildman–Crippen LogP) is 1.56. The number of likely N-dealkylation sites (tertiary alicyclic amines) is 1. The number of nitrogens with one attached hydrogen (secondary N) is 1. The highest BCUT2D eigenvalue weighted by molar-refractivity contribution is 6.01. The largest absolute Gasteiger partial charge is 0.393 e. The number of fused-ring (bicyclic) bond motifs is 1. The first-order valence-corrected chi connectivity index (χ1v) is 8.02. The van der Waals surface area contributed by atoms with Crippen LogP contribution >= 0.6 is 0 Å². The number of hydrogen-bond donors (Lipinski definition) is 2. The Bertz CT molecular complexity index is 632. The number of nitrogens with two attached hydrogens (primary N) is 1. The van der Waals surface area contributed by atoms with Gasteiger partial charge in [0.25, 0.3) is 11.6 Å². The average molecular weight is 318 g/mol. The van der Waals surface area contributed by atoms with E-state index in [-0.39, 0.29) is 22.8 Å². The molecule has 7 nitrogen and oxygen atoms in total. The number of carbonyl (C=O) groups excluding carboxylic acids is 1. The van der Waals surface area contributed by atoms with Crippen LogP contribution in [-0.4, -0.2) is 41.9 Å². The van der Waals surface area contributed by atoms with Crippen molar-refractivity contribution in [3.05, 3.63) is 33.4 Å². The summed E-state index contributed by atoms with van der Waals surface area (Å²) in [4.78, 5) is 25.2. The molecule has 0 radical (unpaired) electrons. The van der Waals surface area contributed by atoms with Crippen molar-refractivity contribution in [2.45, 2.75) is 19.8 Å². The van der Waals surface area contributed by atoms with Crippen molar-refractivity contribution in [2.24, 2.45) is 11.8 Å². The highest BCUT2D eigenvalue weighted by atomic mass is 16.6. The number of anilines is 1. The van der Waals surface area contributed by atoms with Gasteiger partial charge >= 0.3 is 0 Å². The third kappa shape index (κ3) is 3.01. The molecule has 0 spiro atoms. The molecule has 3 rings (SSSR count). The molecule has 2 heterocycles. The van der Waals surface area contributed by atoms with E-state index in [2.05, 4.69) is 5.32 Å². The van der Waals surface area contributed by atoms with E-state index in [9.17, 15) is 14.9 Å². The van der Waals surface area contributed by atoms with E-state index in [1.54, 1.807) is 17.9 Å². The highest BCUT2D eigenvalue weighted by Gasteiger charge is 2.32. The zero-order chi connectivity index (χ0) is 16.6. The third-order valence-electron chi connectivity index (χ3n) is 5.04. The number of hydrogen-bond acceptors (Lipinski definition) is 5. The first-order valence-electron chi connectivity index (χ1n) is 8.02. The summed E-state index contributed by atoms with van der Waals surface area (Å²) in [5.74, 6) is 1.05. The second kappa shape index (κ2) is 6.16. The van der Waals surface area contributed by atoms with Gasteiger partial charge in [-0.3, -0.25) is 14.9 Å². The third-order valence-corrected chi connectivity index (χ3v) is 5.04. The lowest BCUT2D eigenvalue weighted by Crippen LogP contribution is -2.33. The molecule has 3 N–H and O–H groups in total. The van der Waals surface area contributed by atoms with Crippen LogP contribution in [0.25, 0.3) is 0 Å². The Kier molecular flexibility index (Phi) is 4.21. The smallest absolute Gasteiger partial charge is 0.293 e. The van der Waals surface area contributed by atoms with Gasteiger partial charge < -0.3 is 16.0 Å². The van der Waals surface area contributed by atoms with E-state index < -0.39 is 4.92 Å². The van der Waals surface area contributed by atoms with E-state index >= 15 is 0 Å². The molecule has 0 bridgehead atoms. The molecule has 1 aromatic rings. The van der Waals surface area contributed by atoms with Gasteiger partial charge in [0.1, 0.15) is 5.69 Å². The molecule has 2 saturated heterocycles. The van der Waals surface area contributed by atoms with Crippen LogP contribution in [0.2, 0.25) is 0 Å². The summed E-state index contributed by atoms with van der Waals surface area (Å²) < 4.78 is 0. The van der Waals surface area contributed by atoms with Gasteiger partial charge in [0.2, 0.25) is 0 Å². The Morgan fingerprint density at radius 2 is 1.91 bits per heavy atom. The maximum absolute atomic E-state index is 12.8. The van der Waals surface area contributed by atoms with Crippen LogP contribution in [0.5, 0.6) is 0 Å². The predicted molar refractivity (Wildman–Crippen MR) is 87.2 cm³/mol. The Morgan fingerprint density at radius 1 is 1.30 bits per heavy atom. The zero-order valence-electron chi connectivity index (χ0n) is 13.2. The minimum atomic E-state index is -0.530. The standard InChI is InChI=1S/C16H22N4O3/c1-10-6-13(15(17)14(7-10)20(22)23)16(21)19-4-2-11-8-18-9-12(11)3-5-19/h6-7,11-12,18H,2-5,8-9,17H2,1H3/t11-,12+. The molecule has 2 aliphatic rings. The summed E-state index contributed by atoms with van der Waals surface area (Å²) >= 11 is 0. The Hall–Kier alpha value is -2.15. The first-order chi connectivity index (χ1) is 11.0. The van der Waals surface area contributed by atoms with E-state index in [1.165, 1.54) is 6.07 Å². The minimum absolute atomic E-state index is 0.0308. The fraction of sp³-hybridized carbons (Fsp3) is 0.562. The SMILES string of the molecule is Cc1cc(C(=O)N2CC[C@@H]3CNC[C@@H]3CC2)c(N)c([N+](=O)[O-])c1. The van der Waals surface area contributed by atoms with Gasteiger partial charge in [-0.25, -0.2) is 0 Å². The van der Waals surface area contributed by atoms with Gasteiger partial charge in [-0.15, -0.1) is 0 Å². The monoisotopic (exact) mass is 318 g/mol. The molecule has 7 heteroatoms. The fourth-order valence-electron chi connectivity index (χ4n) is 3.70. The summed E-state index contributed by atoms with van der Waals surface area (Å²) in [6.07, 6.45) is 1.94. The van der Waals surface area contributed by atoms with E-state index in [1.807, 2.05) is 0 Å². The van der Waals surface area contributed by atoms with Gasteiger partial charge in [0, 0.05) is 19.2 Å². The van der Waals surface area contributed by atoms with Crippen molar-refractivity contribution in [1.82, 2.24) is 10.2 Å². The number of carbonyl (C=O) groups is 1. The zero-order valence-corrected chi connectivity index (χ0v) is 13.2. The molecule has 2 fully saturated rings. The van der Waals surface area contributed by atoms with Gasteiger partial charge in [0.15, 0.2) is 0 Å². The number of nitro benzene ring substituents is 1. The number of amides is 1. The lowest BCUT2D eigenvalue weighted by Gasteiger charge is -2.22. The first kappa shape index (κ1) is 15.7. The van der Waals surface area contributed by atoms with Crippen molar-refractivity contribution >= 4 is 17.3 Å². The van der Waals surface area contributed by atoms with Crippen molar-refractivity contribution in [1.29, 1.82) is 0 Å². The maximum Gasteiger partial charge on any atom is 0.293 e. The van der Waals surface area contributed by atoms with E-state index in [0.717, 1.165) is 25.9 Å². The second-order valence-corrected chi connectivity index (χ2v) is 6.55. The second-order valence-electron chi connectivity index (χ2n) is 6.55. The summed E-state index contributed by atoms with van der Waals surface area (Å²) in [7, 11) is 0. The molecule has 1 amide bonds. The van der Waals surface area contributed by atoms with Gasteiger partial charge in [0.05, 0.1) is 10.5 Å². The summed E-state index contributed by atoms with van der Waals surface area (Å²) in [6, 6.07) is 3.06. The lowest BCUT2D eigenvalue weighted by molar-refractivity contribution is -0.384. The number of benzene rings is 1. The number of nitrogens with zero attached hydrogens (tertiary/aromatic N) is 2. The minimum Gasteiger partial charge on any atom is -0.393 e. The highest BCUT2D eigenvalue weighted by Crippen LogP contribution is 2.31. The molecule has 2 aliphatic heterocycles. The maximum atomic E-state index is 12.8. The Labute approximate surface area is 135 Å². The van der Waals surface area contributed by atoms with Gasteiger partial charge in [-0.05, 0) is 56.3 Å². The van der Waals surface area contributed by atoms with Crippen molar-refractivity contribution in [3.63, 3.8) is 0 Å². The van der Waals surface area contributed by atoms with E-state index in [4.69, 9.17) is 5.73 Å². The Morgan fingerprint density at radius 3 is 2.48 bits per heavy atom. The average Bonchev–Trinajstić information content (AvgIpc) is 2.87. The molecular formula is C16H22N4O3. The fourth-order valence-corrected chi connectivity index (χ4v) is 3.70. The number of aryl methyl sites for hydroxylation is 1. The van der Waals surface area contributed by atoms with Crippen LogP contribution in [0.3, 0.4) is 0 Å². The topological polar surface area (TPSA) is 102 Å². The molecule has 0 aliphatic carbocycles. The molecule has 1 aromatic carbocycles. The van der Waals surface area contributed by atoms with Crippen LogP contribution in [0.4, 0.5) is 11.4 Å². The van der Waals surface area contributed by atoms with Crippen LogP contribution in [0.1, 0.15) is 28.8 Å². The molecule has 0 unspecified atom stereocenters. The van der Waals surface area contributed by atoms with Crippen LogP contribution in [-0.2, 0) is 0 Å².